The van der Waals surface area contributed by atoms with Crippen molar-refractivity contribution in [3.63, 3.8) is 0 Å². The van der Waals surface area contributed by atoms with Crippen molar-refractivity contribution < 1.29 is 4.57 Å². The van der Waals surface area contributed by atoms with Crippen LogP contribution in [-0.2, 0) is 7.05 Å². The number of aromatic nitrogens is 1. The van der Waals surface area contributed by atoms with Crippen molar-refractivity contribution in [2.45, 2.75) is 32.0 Å². The largest absolute Gasteiger partial charge is 0.220 e. The first-order valence-corrected chi connectivity index (χ1v) is 13.6. The molecule has 0 N–H and O–H groups in total. The van der Waals surface area contributed by atoms with Gasteiger partial charge in [0.2, 0.25) is 5.69 Å². The Bertz CT molecular complexity index is 1210. The number of hydrogen-bond acceptors (Lipinski definition) is 0. The molecule has 3 aromatic carbocycles. The number of fused-ring (bicyclic) bond motifs is 1. The number of benzene rings is 3. The molecule has 1 aliphatic heterocycles. The zero-order valence-electron chi connectivity index (χ0n) is 17.6. The van der Waals surface area contributed by atoms with E-state index < -0.39 is 8.07 Å². The van der Waals surface area contributed by atoms with Gasteiger partial charge in [-0.05, 0) is 41.1 Å². The molecule has 1 saturated heterocycles. The summed E-state index contributed by atoms with van der Waals surface area (Å²) in [7, 11) is 0.995. The standard InChI is InChI=1S/C27H28NSi/c1-20-10-11-22(21-8-5-4-6-9-21)19-26(20)27-25-13-12-24(29(3)16-7-17-29)18-23(25)14-15-28(27)2/h4-6,8-15,18-19H,7,16-17H2,1-3H3/q+1. The molecule has 0 saturated carbocycles. The minimum Gasteiger partial charge on any atom is -0.200 e. The molecule has 0 aliphatic carbocycles. The van der Waals surface area contributed by atoms with Gasteiger partial charge in [-0.1, -0.05) is 84.8 Å². The Morgan fingerprint density at radius 2 is 1.62 bits per heavy atom. The van der Waals surface area contributed by atoms with Gasteiger partial charge in [0.15, 0.2) is 6.20 Å². The van der Waals surface area contributed by atoms with E-state index in [1.165, 1.54) is 57.2 Å². The first-order valence-electron chi connectivity index (χ1n) is 10.6. The molecule has 1 nitrogen and oxygen atoms in total. The van der Waals surface area contributed by atoms with E-state index in [-0.39, 0.29) is 0 Å². The number of pyridine rings is 1. The SMILES string of the molecule is Cc1ccc(-c2ccccc2)cc1-c1c2ccc([Si]3(C)CCC3)cc2cc[n+]1C. The predicted octanol–water partition coefficient (Wildman–Crippen LogP) is 6.00. The van der Waals surface area contributed by atoms with Crippen molar-refractivity contribution in [3.05, 3.63) is 84.6 Å². The van der Waals surface area contributed by atoms with Gasteiger partial charge in [0, 0.05) is 6.07 Å². The maximum atomic E-state index is 2.55. The molecule has 0 bridgehead atoms. The first-order chi connectivity index (χ1) is 14.0. The van der Waals surface area contributed by atoms with Crippen LogP contribution >= 0.6 is 0 Å². The van der Waals surface area contributed by atoms with Gasteiger partial charge in [-0.3, -0.25) is 0 Å². The van der Waals surface area contributed by atoms with Crippen LogP contribution < -0.4 is 9.75 Å². The lowest BCUT2D eigenvalue weighted by atomic mass is 9.95. The molecule has 2 heteroatoms. The second kappa shape index (κ2) is 6.96. The smallest absolute Gasteiger partial charge is 0.200 e. The molecule has 0 unspecified atom stereocenters. The highest BCUT2D eigenvalue weighted by Gasteiger charge is 2.36. The Hall–Kier alpha value is -2.71. The van der Waals surface area contributed by atoms with Gasteiger partial charge in [0.25, 0.3) is 0 Å². The summed E-state index contributed by atoms with van der Waals surface area (Å²) < 4.78 is 2.28. The van der Waals surface area contributed by atoms with Gasteiger partial charge in [0.1, 0.15) is 7.05 Å². The van der Waals surface area contributed by atoms with E-state index in [9.17, 15) is 0 Å². The second-order valence-corrected chi connectivity index (χ2v) is 13.6. The van der Waals surface area contributed by atoms with E-state index in [1.807, 2.05) is 0 Å². The summed E-state index contributed by atoms with van der Waals surface area (Å²) in [4.78, 5) is 0. The molecule has 144 valence electrons. The van der Waals surface area contributed by atoms with Crippen molar-refractivity contribution in [3.8, 4) is 22.4 Å². The van der Waals surface area contributed by atoms with Crippen LogP contribution in [0.25, 0.3) is 33.2 Å². The van der Waals surface area contributed by atoms with E-state index in [0.717, 1.165) is 0 Å². The molecule has 0 atom stereocenters. The summed E-state index contributed by atoms with van der Waals surface area (Å²) in [6.45, 7) is 4.77. The predicted molar refractivity (Wildman–Crippen MR) is 126 cm³/mol. The van der Waals surface area contributed by atoms with E-state index >= 15 is 0 Å². The maximum absolute atomic E-state index is 2.55. The van der Waals surface area contributed by atoms with Gasteiger partial charge in [-0.25, -0.2) is 4.57 Å². The molecule has 0 spiro atoms. The quantitative estimate of drug-likeness (QED) is 0.296. The normalized spacial score (nSPS) is 15.3. The second-order valence-electron chi connectivity index (χ2n) is 8.89. The van der Waals surface area contributed by atoms with Gasteiger partial charge < -0.3 is 0 Å². The summed E-state index contributed by atoms with van der Waals surface area (Å²) >= 11 is 0. The molecular formula is C27H28NSi+. The molecule has 5 rings (SSSR count). The highest BCUT2D eigenvalue weighted by molar-refractivity contribution is 6.93. The highest BCUT2D eigenvalue weighted by atomic mass is 28.3. The van der Waals surface area contributed by atoms with Gasteiger partial charge in [0.05, 0.1) is 19.0 Å². The van der Waals surface area contributed by atoms with E-state index in [0.29, 0.717) is 0 Å². The molecule has 0 radical (unpaired) electrons. The van der Waals surface area contributed by atoms with Crippen molar-refractivity contribution >= 4 is 24.0 Å². The van der Waals surface area contributed by atoms with E-state index in [1.54, 1.807) is 5.19 Å². The zero-order valence-corrected chi connectivity index (χ0v) is 18.6. The van der Waals surface area contributed by atoms with Gasteiger partial charge in [-0.2, -0.15) is 0 Å². The summed E-state index contributed by atoms with van der Waals surface area (Å²) in [5, 5.41) is 4.36. The van der Waals surface area contributed by atoms with Crippen LogP contribution in [0, 0.1) is 6.92 Å². The molecule has 2 heterocycles. The zero-order chi connectivity index (χ0) is 20.0. The van der Waals surface area contributed by atoms with Crippen LogP contribution in [0.1, 0.15) is 12.0 Å². The molecule has 1 aromatic heterocycles. The van der Waals surface area contributed by atoms with Crippen LogP contribution in [0.4, 0.5) is 0 Å². The van der Waals surface area contributed by atoms with Crippen molar-refractivity contribution in [1.82, 2.24) is 0 Å². The van der Waals surface area contributed by atoms with E-state index in [4.69, 9.17) is 0 Å². The lowest BCUT2D eigenvalue weighted by molar-refractivity contribution is -0.659. The Balaban J connectivity index is 1.69. The minimum atomic E-state index is -1.17. The van der Waals surface area contributed by atoms with Crippen LogP contribution in [0.3, 0.4) is 0 Å². The molecule has 0 amide bonds. The summed E-state index contributed by atoms with van der Waals surface area (Å²) in [5.41, 5.74) is 6.48. The van der Waals surface area contributed by atoms with Crippen molar-refractivity contribution in [1.29, 1.82) is 0 Å². The number of hydrogen-bond donors (Lipinski definition) is 0. The fourth-order valence-electron chi connectivity index (χ4n) is 4.77. The van der Waals surface area contributed by atoms with Crippen molar-refractivity contribution in [2.24, 2.45) is 7.05 Å². The average molecular weight is 395 g/mol. The molecule has 29 heavy (non-hydrogen) atoms. The van der Waals surface area contributed by atoms with Crippen molar-refractivity contribution in [2.75, 3.05) is 0 Å². The van der Waals surface area contributed by atoms with E-state index in [2.05, 4.69) is 104 Å². The Labute approximate surface area is 174 Å². The first kappa shape index (κ1) is 18.3. The van der Waals surface area contributed by atoms with Gasteiger partial charge in [-0.15, -0.1) is 0 Å². The third kappa shape index (κ3) is 3.12. The fraction of sp³-hybridized carbons (Fsp3) is 0.222. The van der Waals surface area contributed by atoms with Gasteiger partial charge >= 0.3 is 0 Å². The number of nitrogens with zero attached hydrogens (tertiary/aromatic N) is 1. The minimum absolute atomic E-state index is 1.17. The summed E-state index contributed by atoms with van der Waals surface area (Å²) in [5.74, 6) is 0. The maximum Gasteiger partial charge on any atom is 0.220 e. The Morgan fingerprint density at radius 1 is 0.828 bits per heavy atom. The third-order valence-corrected chi connectivity index (χ3v) is 11.5. The highest BCUT2D eigenvalue weighted by Crippen LogP contribution is 2.34. The molecule has 1 fully saturated rings. The monoisotopic (exact) mass is 394 g/mol. The third-order valence-electron chi connectivity index (χ3n) is 6.89. The number of aryl methyl sites for hydroxylation is 2. The van der Waals surface area contributed by atoms with Crippen LogP contribution in [0.5, 0.6) is 0 Å². The van der Waals surface area contributed by atoms with Crippen LogP contribution in [-0.4, -0.2) is 8.07 Å². The lowest BCUT2D eigenvalue weighted by Crippen LogP contribution is -2.50. The molecular weight excluding hydrogens is 366 g/mol. The fourth-order valence-corrected chi connectivity index (χ4v) is 7.75. The summed E-state index contributed by atoms with van der Waals surface area (Å²) in [6.07, 6.45) is 3.64. The summed E-state index contributed by atoms with van der Waals surface area (Å²) in [6, 6.07) is 30.0. The molecule has 1 aliphatic rings. The lowest BCUT2D eigenvalue weighted by Gasteiger charge is -2.36. The topological polar surface area (TPSA) is 3.88 Å². The molecule has 4 aromatic rings. The number of rotatable bonds is 3. The Morgan fingerprint density at radius 3 is 2.34 bits per heavy atom. The van der Waals surface area contributed by atoms with Crippen LogP contribution in [0.2, 0.25) is 18.6 Å². The Kier molecular flexibility index (Phi) is 4.40. The average Bonchev–Trinajstić information content (AvgIpc) is 2.73. The van der Waals surface area contributed by atoms with Crippen LogP contribution in [0.15, 0.2) is 79.0 Å².